The van der Waals surface area contributed by atoms with Crippen LogP contribution in [0.5, 0.6) is 0 Å². The molecule has 1 fully saturated rings. The highest BCUT2D eigenvalue weighted by atomic mass is 35.5. The van der Waals surface area contributed by atoms with Gasteiger partial charge in [0.05, 0.1) is 24.0 Å². The van der Waals surface area contributed by atoms with Gasteiger partial charge in [-0.1, -0.05) is 23.7 Å². The lowest BCUT2D eigenvalue weighted by Gasteiger charge is -2.34. The van der Waals surface area contributed by atoms with E-state index < -0.39 is 0 Å². The van der Waals surface area contributed by atoms with E-state index in [-0.39, 0.29) is 18.4 Å². The van der Waals surface area contributed by atoms with E-state index in [0.717, 1.165) is 17.2 Å². The maximum atomic E-state index is 12.6. The summed E-state index contributed by atoms with van der Waals surface area (Å²) in [5.74, 6) is -0.135. The van der Waals surface area contributed by atoms with Crippen LogP contribution in [0.2, 0.25) is 5.02 Å². The summed E-state index contributed by atoms with van der Waals surface area (Å²) in [7, 11) is 0. The highest BCUT2D eigenvalue weighted by molar-refractivity contribution is 7.00. The lowest BCUT2D eigenvalue weighted by Crippen LogP contribution is -2.50. The molecule has 0 bridgehead atoms. The monoisotopic (exact) mass is 415 g/mol. The van der Waals surface area contributed by atoms with Crippen LogP contribution in [0, 0.1) is 0 Å². The fraction of sp³-hybridized carbons (Fsp3) is 0.263. The Morgan fingerprint density at radius 2 is 1.86 bits per heavy atom. The molecule has 2 amide bonds. The standard InChI is InChI=1S/C19H18ClN5O2S/c20-14-4-1-3-13(11-14)19(27)25-9-7-24(8-10-25)12-17(26)21-15-5-2-6-16-18(15)23-28-22-16/h1-6,11H,7-10,12H2,(H,21,26). The average molecular weight is 416 g/mol. The van der Waals surface area contributed by atoms with Crippen molar-refractivity contribution in [3.8, 4) is 0 Å². The fourth-order valence-electron chi connectivity index (χ4n) is 3.21. The average Bonchev–Trinajstić information content (AvgIpc) is 3.18. The number of aromatic nitrogens is 2. The number of anilines is 1. The number of carbonyl (C=O) groups is 2. The second-order valence-corrected chi connectivity index (χ2v) is 7.53. The minimum atomic E-state index is -0.102. The molecule has 144 valence electrons. The molecule has 7 nitrogen and oxygen atoms in total. The molecule has 1 N–H and O–H groups in total. The van der Waals surface area contributed by atoms with Crippen molar-refractivity contribution in [2.24, 2.45) is 0 Å². The van der Waals surface area contributed by atoms with Crippen LogP contribution < -0.4 is 5.32 Å². The summed E-state index contributed by atoms with van der Waals surface area (Å²) in [4.78, 5) is 28.8. The number of rotatable bonds is 4. The minimum absolute atomic E-state index is 0.0330. The summed E-state index contributed by atoms with van der Waals surface area (Å²) in [5.41, 5.74) is 2.74. The fourth-order valence-corrected chi connectivity index (χ4v) is 3.95. The quantitative estimate of drug-likeness (QED) is 0.708. The number of hydrogen-bond acceptors (Lipinski definition) is 6. The molecule has 4 rings (SSSR count). The van der Waals surface area contributed by atoms with Gasteiger partial charge in [-0.3, -0.25) is 14.5 Å². The van der Waals surface area contributed by atoms with Crippen LogP contribution in [0.25, 0.3) is 11.0 Å². The summed E-state index contributed by atoms with van der Waals surface area (Å²) in [5, 5.41) is 3.46. The molecule has 3 aromatic rings. The zero-order valence-electron chi connectivity index (χ0n) is 15.0. The maximum Gasteiger partial charge on any atom is 0.253 e. The van der Waals surface area contributed by atoms with Crippen molar-refractivity contribution < 1.29 is 9.59 Å². The van der Waals surface area contributed by atoms with Crippen LogP contribution >= 0.6 is 23.3 Å². The van der Waals surface area contributed by atoms with Gasteiger partial charge in [0.25, 0.3) is 5.91 Å². The van der Waals surface area contributed by atoms with E-state index in [1.165, 1.54) is 0 Å². The Balaban J connectivity index is 1.31. The Morgan fingerprint density at radius 3 is 2.64 bits per heavy atom. The van der Waals surface area contributed by atoms with Crippen molar-refractivity contribution >= 4 is 51.9 Å². The number of nitrogens with one attached hydrogen (secondary N) is 1. The smallest absolute Gasteiger partial charge is 0.253 e. The SMILES string of the molecule is O=C(CN1CCN(C(=O)c2cccc(Cl)c2)CC1)Nc1cccc2nsnc12. The zero-order chi connectivity index (χ0) is 19.5. The summed E-state index contributed by atoms with van der Waals surface area (Å²) >= 11 is 7.10. The van der Waals surface area contributed by atoms with Gasteiger partial charge in [0, 0.05) is 36.8 Å². The van der Waals surface area contributed by atoms with Crippen LogP contribution in [0.4, 0.5) is 5.69 Å². The van der Waals surface area contributed by atoms with Crippen LogP contribution in [-0.4, -0.2) is 63.1 Å². The molecule has 9 heteroatoms. The van der Waals surface area contributed by atoms with Gasteiger partial charge in [0.1, 0.15) is 11.0 Å². The van der Waals surface area contributed by atoms with Gasteiger partial charge in [0.15, 0.2) is 0 Å². The van der Waals surface area contributed by atoms with Gasteiger partial charge in [0.2, 0.25) is 5.91 Å². The van der Waals surface area contributed by atoms with Gasteiger partial charge in [-0.25, -0.2) is 0 Å². The number of carbonyl (C=O) groups excluding carboxylic acids is 2. The number of benzene rings is 2. The van der Waals surface area contributed by atoms with Gasteiger partial charge in [-0.2, -0.15) is 8.75 Å². The molecule has 1 aromatic heterocycles. The van der Waals surface area contributed by atoms with E-state index in [2.05, 4.69) is 14.1 Å². The highest BCUT2D eigenvalue weighted by Gasteiger charge is 2.23. The lowest BCUT2D eigenvalue weighted by atomic mass is 10.2. The number of amides is 2. The Hall–Kier alpha value is -2.55. The predicted octanol–water partition coefficient (Wildman–Crippen LogP) is 2.74. The lowest BCUT2D eigenvalue weighted by molar-refractivity contribution is -0.117. The summed E-state index contributed by atoms with van der Waals surface area (Å²) in [6, 6.07) is 12.5. The maximum absolute atomic E-state index is 12.6. The third kappa shape index (κ3) is 4.14. The molecular weight excluding hydrogens is 398 g/mol. The molecular formula is C19H18ClN5O2S. The van der Waals surface area contributed by atoms with Crippen LogP contribution in [-0.2, 0) is 4.79 Å². The van der Waals surface area contributed by atoms with Gasteiger partial charge in [-0.15, -0.1) is 0 Å². The van der Waals surface area contributed by atoms with Crippen molar-refractivity contribution in [2.75, 3.05) is 38.0 Å². The van der Waals surface area contributed by atoms with Crippen LogP contribution in [0.1, 0.15) is 10.4 Å². The second-order valence-electron chi connectivity index (χ2n) is 6.56. The van der Waals surface area contributed by atoms with Gasteiger partial charge < -0.3 is 10.2 Å². The van der Waals surface area contributed by atoms with Crippen molar-refractivity contribution in [1.82, 2.24) is 18.5 Å². The number of nitrogens with zero attached hydrogens (tertiary/aromatic N) is 4. The molecule has 0 radical (unpaired) electrons. The topological polar surface area (TPSA) is 78.4 Å². The molecule has 0 saturated carbocycles. The van der Waals surface area contributed by atoms with E-state index in [9.17, 15) is 9.59 Å². The third-order valence-electron chi connectivity index (χ3n) is 4.66. The Labute approximate surface area is 171 Å². The summed E-state index contributed by atoms with van der Waals surface area (Å²) in [6.07, 6.45) is 0. The van der Waals surface area contributed by atoms with Crippen LogP contribution in [0.3, 0.4) is 0 Å². The zero-order valence-corrected chi connectivity index (χ0v) is 16.5. The number of halogens is 1. The predicted molar refractivity (Wildman–Crippen MR) is 110 cm³/mol. The molecule has 1 saturated heterocycles. The van der Waals surface area contributed by atoms with Crippen LogP contribution in [0.15, 0.2) is 42.5 Å². The van der Waals surface area contributed by atoms with E-state index in [1.807, 2.05) is 23.1 Å². The number of piperazine rings is 1. The van der Waals surface area contributed by atoms with Crippen molar-refractivity contribution in [3.05, 3.63) is 53.1 Å². The van der Waals surface area contributed by atoms with Gasteiger partial charge in [-0.05, 0) is 30.3 Å². The van der Waals surface area contributed by atoms with E-state index in [0.29, 0.717) is 48.0 Å². The van der Waals surface area contributed by atoms with Crippen molar-refractivity contribution in [2.45, 2.75) is 0 Å². The Kier molecular flexibility index (Phi) is 5.52. The molecule has 0 unspecified atom stereocenters. The first-order valence-corrected chi connectivity index (χ1v) is 9.99. The first-order valence-electron chi connectivity index (χ1n) is 8.88. The molecule has 1 aliphatic heterocycles. The van der Waals surface area contributed by atoms with Gasteiger partial charge >= 0.3 is 0 Å². The minimum Gasteiger partial charge on any atom is -0.336 e. The first-order chi connectivity index (χ1) is 13.6. The molecule has 0 spiro atoms. The Bertz CT molecular complexity index is 1020. The molecule has 2 aromatic carbocycles. The largest absolute Gasteiger partial charge is 0.336 e. The summed E-state index contributed by atoms with van der Waals surface area (Å²) in [6.45, 7) is 2.70. The van der Waals surface area contributed by atoms with Crippen molar-refractivity contribution in [3.63, 3.8) is 0 Å². The normalized spacial score (nSPS) is 15.0. The molecule has 0 atom stereocenters. The third-order valence-corrected chi connectivity index (χ3v) is 5.44. The summed E-state index contributed by atoms with van der Waals surface area (Å²) < 4.78 is 8.41. The van der Waals surface area contributed by atoms with Crippen molar-refractivity contribution in [1.29, 1.82) is 0 Å². The van der Waals surface area contributed by atoms with E-state index in [4.69, 9.17) is 11.6 Å². The Morgan fingerprint density at radius 1 is 1.07 bits per heavy atom. The molecule has 2 heterocycles. The second kappa shape index (κ2) is 8.22. The number of hydrogen-bond donors (Lipinski definition) is 1. The number of fused-ring (bicyclic) bond motifs is 1. The highest BCUT2D eigenvalue weighted by Crippen LogP contribution is 2.21. The first kappa shape index (κ1) is 18.8. The molecule has 1 aliphatic rings. The van der Waals surface area contributed by atoms with E-state index in [1.54, 1.807) is 29.2 Å². The molecule has 0 aliphatic carbocycles. The van der Waals surface area contributed by atoms with E-state index >= 15 is 0 Å². The molecule has 28 heavy (non-hydrogen) atoms.